The molecule has 0 radical (unpaired) electrons. The van der Waals surface area contributed by atoms with Crippen LogP contribution in [0.15, 0.2) is 21.5 Å². The molecule has 2 heterocycles. The highest BCUT2D eigenvalue weighted by Crippen LogP contribution is 2.23. The molecule has 2 N–H and O–H groups in total. The van der Waals surface area contributed by atoms with E-state index in [1.54, 1.807) is 7.05 Å². The van der Waals surface area contributed by atoms with Gasteiger partial charge in [0.25, 0.3) is 0 Å². The predicted molar refractivity (Wildman–Crippen MR) is 104 cm³/mol. The maximum atomic E-state index is 5.86. The SMILES string of the molecule is CN=C(NCC(c1ccc(C)o1)N1CCOCC1)NC(C)C.I. The summed E-state index contributed by atoms with van der Waals surface area (Å²) in [5.74, 6) is 2.75. The smallest absolute Gasteiger partial charge is 0.191 e. The van der Waals surface area contributed by atoms with Crippen molar-refractivity contribution in [3.8, 4) is 0 Å². The third-order valence-electron chi connectivity index (χ3n) is 3.69. The zero-order valence-corrected chi connectivity index (χ0v) is 16.8. The lowest BCUT2D eigenvalue weighted by atomic mass is 10.1. The zero-order valence-electron chi connectivity index (χ0n) is 14.5. The van der Waals surface area contributed by atoms with Gasteiger partial charge in [0.15, 0.2) is 5.96 Å². The molecule has 1 unspecified atom stereocenters. The van der Waals surface area contributed by atoms with Crippen LogP contribution in [0.3, 0.4) is 0 Å². The van der Waals surface area contributed by atoms with Gasteiger partial charge in [0.05, 0.1) is 19.3 Å². The van der Waals surface area contributed by atoms with Crippen LogP contribution in [-0.4, -0.2) is 56.8 Å². The van der Waals surface area contributed by atoms with Crippen LogP contribution in [0, 0.1) is 6.92 Å². The fourth-order valence-electron chi connectivity index (χ4n) is 2.59. The minimum atomic E-state index is 0. The second-order valence-corrected chi connectivity index (χ2v) is 5.86. The van der Waals surface area contributed by atoms with Crippen molar-refractivity contribution in [2.24, 2.45) is 4.99 Å². The molecule has 1 saturated heterocycles. The topological polar surface area (TPSA) is 62.0 Å². The largest absolute Gasteiger partial charge is 0.465 e. The number of guanidine groups is 1. The number of furan rings is 1. The van der Waals surface area contributed by atoms with Crippen molar-refractivity contribution in [1.82, 2.24) is 15.5 Å². The summed E-state index contributed by atoms with van der Waals surface area (Å²) in [6, 6.07) is 4.61. The lowest BCUT2D eigenvalue weighted by molar-refractivity contribution is 0.0124. The lowest BCUT2D eigenvalue weighted by Gasteiger charge is -2.33. The van der Waals surface area contributed by atoms with Gasteiger partial charge in [0, 0.05) is 32.7 Å². The third-order valence-corrected chi connectivity index (χ3v) is 3.69. The first-order valence-electron chi connectivity index (χ1n) is 7.95. The van der Waals surface area contributed by atoms with Crippen molar-refractivity contribution < 1.29 is 9.15 Å². The second kappa shape index (κ2) is 10.1. The van der Waals surface area contributed by atoms with Crippen LogP contribution in [0.25, 0.3) is 0 Å². The Morgan fingerprint density at radius 2 is 2.00 bits per heavy atom. The Balaban J connectivity index is 0.00000264. The zero-order chi connectivity index (χ0) is 15.9. The van der Waals surface area contributed by atoms with Gasteiger partial charge in [-0.1, -0.05) is 0 Å². The van der Waals surface area contributed by atoms with Gasteiger partial charge in [-0.3, -0.25) is 9.89 Å². The molecule has 0 bridgehead atoms. The van der Waals surface area contributed by atoms with E-state index in [2.05, 4.69) is 40.4 Å². The molecule has 23 heavy (non-hydrogen) atoms. The minimum Gasteiger partial charge on any atom is -0.465 e. The normalized spacial score (nSPS) is 17.7. The number of ether oxygens (including phenoxy) is 1. The summed E-state index contributed by atoms with van der Waals surface area (Å²) in [6.45, 7) is 10.3. The first-order valence-corrected chi connectivity index (χ1v) is 7.95. The van der Waals surface area contributed by atoms with Gasteiger partial charge in [-0.05, 0) is 32.9 Å². The van der Waals surface area contributed by atoms with Crippen molar-refractivity contribution >= 4 is 29.9 Å². The molecule has 0 aliphatic carbocycles. The molecule has 0 aromatic carbocycles. The van der Waals surface area contributed by atoms with Crippen molar-refractivity contribution in [2.75, 3.05) is 39.9 Å². The van der Waals surface area contributed by atoms with Gasteiger partial charge >= 0.3 is 0 Å². The molecule has 132 valence electrons. The molecule has 1 fully saturated rings. The Hall–Kier alpha value is -0.800. The monoisotopic (exact) mass is 436 g/mol. The Morgan fingerprint density at radius 1 is 1.30 bits per heavy atom. The third kappa shape index (κ3) is 6.31. The maximum absolute atomic E-state index is 5.86. The van der Waals surface area contributed by atoms with E-state index < -0.39 is 0 Å². The average molecular weight is 436 g/mol. The van der Waals surface area contributed by atoms with E-state index in [-0.39, 0.29) is 30.0 Å². The van der Waals surface area contributed by atoms with Gasteiger partial charge in [0.2, 0.25) is 0 Å². The number of hydrogen-bond donors (Lipinski definition) is 2. The molecular weight excluding hydrogens is 407 g/mol. The highest BCUT2D eigenvalue weighted by molar-refractivity contribution is 14.0. The molecule has 1 aromatic rings. The van der Waals surface area contributed by atoms with Gasteiger partial charge in [-0.25, -0.2) is 0 Å². The molecule has 0 amide bonds. The molecular formula is C16H29IN4O2. The number of aliphatic imine (C=N–C) groups is 1. The van der Waals surface area contributed by atoms with Crippen LogP contribution in [0.4, 0.5) is 0 Å². The molecule has 1 aliphatic heterocycles. The minimum absolute atomic E-state index is 0. The fourth-order valence-corrected chi connectivity index (χ4v) is 2.59. The number of halogens is 1. The van der Waals surface area contributed by atoms with Crippen molar-refractivity contribution in [3.63, 3.8) is 0 Å². The predicted octanol–water partition coefficient (Wildman–Crippen LogP) is 2.15. The van der Waals surface area contributed by atoms with Gasteiger partial charge in [-0.15, -0.1) is 24.0 Å². The van der Waals surface area contributed by atoms with E-state index in [4.69, 9.17) is 9.15 Å². The van der Waals surface area contributed by atoms with E-state index in [1.807, 2.05) is 13.0 Å². The van der Waals surface area contributed by atoms with Gasteiger partial charge in [0.1, 0.15) is 11.5 Å². The summed E-state index contributed by atoms with van der Waals surface area (Å²) in [5.41, 5.74) is 0. The van der Waals surface area contributed by atoms with Crippen molar-refractivity contribution in [2.45, 2.75) is 32.9 Å². The number of aryl methyl sites for hydroxylation is 1. The highest BCUT2D eigenvalue weighted by atomic mass is 127. The Labute approximate surface area is 156 Å². The lowest BCUT2D eigenvalue weighted by Crippen LogP contribution is -2.47. The van der Waals surface area contributed by atoms with Crippen molar-refractivity contribution in [3.05, 3.63) is 23.7 Å². The summed E-state index contributed by atoms with van der Waals surface area (Å²) >= 11 is 0. The molecule has 0 spiro atoms. The van der Waals surface area contributed by atoms with Gasteiger partial charge in [-0.2, -0.15) is 0 Å². The van der Waals surface area contributed by atoms with Crippen molar-refractivity contribution in [1.29, 1.82) is 0 Å². The Bertz CT molecular complexity index is 484. The van der Waals surface area contributed by atoms with Crippen LogP contribution >= 0.6 is 24.0 Å². The Morgan fingerprint density at radius 3 is 2.52 bits per heavy atom. The van der Waals surface area contributed by atoms with E-state index in [9.17, 15) is 0 Å². The molecule has 1 atom stereocenters. The standard InChI is InChI=1S/C16H28N4O2.HI/c1-12(2)19-16(17-4)18-11-14(15-6-5-13(3)22-15)20-7-9-21-10-8-20;/h5-6,12,14H,7-11H2,1-4H3,(H2,17,18,19);1H. The first-order chi connectivity index (χ1) is 10.6. The number of nitrogens with one attached hydrogen (secondary N) is 2. The molecule has 1 aliphatic rings. The van der Waals surface area contributed by atoms with Crippen LogP contribution in [0.5, 0.6) is 0 Å². The van der Waals surface area contributed by atoms with Crippen LogP contribution < -0.4 is 10.6 Å². The van der Waals surface area contributed by atoms with Crippen LogP contribution in [0.1, 0.15) is 31.4 Å². The number of nitrogens with zero attached hydrogens (tertiary/aromatic N) is 2. The summed E-state index contributed by atoms with van der Waals surface area (Å²) in [4.78, 5) is 6.67. The summed E-state index contributed by atoms with van der Waals surface area (Å²) < 4.78 is 11.3. The number of hydrogen-bond acceptors (Lipinski definition) is 4. The van der Waals surface area contributed by atoms with Crippen LogP contribution in [0.2, 0.25) is 0 Å². The van der Waals surface area contributed by atoms with E-state index >= 15 is 0 Å². The van der Waals surface area contributed by atoms with E-state index in [0.29, 0.717) is 6.04 Å². The molecule has 6 nitrogen and oxygen atoms in total. The van der Waals surface area contributed by atoms with E-state index in [1.165, 1.54) is 0 Å². The van der Waals surface area contributed by atoms with E-state index in [0.717, 1.165) is 50.3 Å². The first kappa shape index (κ1) is 20.2. The molecule has 0 saturated carbocycles. The highest BCUT2D eigenvalue weighted by Gasteiger charge is 2.25. The van der Waals surface area contributed by atoms with Gasteiger partial charge < -0.3 is 19.8 Å². The quantitative estimate of drug-likeness (QED) is 0.421. The number of rotatable bonds is 5. The second-order valence-electron chi connectivity index (χ2n) is 5.86. The summed E-state index contributed by atoms with van der Waals surface area (Å²) in [7, 11) is 1.79. The molecule has 2 rings (SSSR count). The van der Waals surface area contributed by atoms with Crippen LogP contribution in [-0.2, 0) is 4.74 Å². The summed E-state index contributed by atoms with van der Waals surface area (Å²) in [5, 5.41) is 6.71. The maximum Gasteiger partial charge on any atom is 0.191 e. The average Bonchev–Trinajstić information content (AvgIpc) is 2.93. The molecule has 7 heteroatoms. The fraction of sp³-hybridized carbons (Fsp3) is 0.688. The molecule has 1 aromatic heterocycles. The summed E-state index contributed by atoms with van der Waals surface area (Å²) in [6.07, 6.45) is 0. The number of morpholine rings is 1. The Kier molecular flexibility index (Phi) is 8.93.